The number of nitrogens with two attached hydrogens (primary N) is 1. The van der Waals surface area contributed by atoms with Crippen LogP contribution < -0.4 is 5.73 Å². The molecule has 0 unspecified atom stereocenters. The third kappa shape index (κ3) is 3.62. The molecule has 0 heterocycles. The fourth-order valence-electron chi connectivity index (χ4n) is 5.96. The smallest absolute Gasteiger partial charge is 0.255 e. The molecule has 4 atom stereocenters. The summed E-state index contributed by atoms with van der Waals surface area (Å²) < 4.78 is 0. The number of fused-ring (bicyclic) bond motifs is 3. The van der Waals surface area contributed by atoms with Crippen molar-refractivity contribution in [1.29, 1.82) is 0 Å². The van der Waals surface area contributed by atoms with E-state index in [1.165, 1.54) is 11.0 Å². The third-order valence-electron chi connectivity index (χ3n) is 7.44. The van der Waals surface area contributed by atoms with Gasteiger partial charge in [0.25, 0.3) is 5.91 Å². The van der Waals surface area contributed by atoms with Gasteiger partial charge >= 0.3 is 0 Å². The SMILES string of the molecule is CCON(C)Cc1ccc(O)c2c1C[C@H]1C[C@H]3[C@H](N(C)C)C(=O)C(C(N)=O)=C(O)[C@@]3(O)C(=O)C1=C2O. The Morgan fingerprint density at radius 3 is 2.44 bits per heavy atom. The molecule has 0 saturated heterocycles. The molecule has 3 aliphatic carbocycles. The molecule has 0 radical (unpaired) electrons. The van der Waals surface area contributed by atoms with E-state index in [-0.39, 0.29) is 29.7 Å². The van der Waals surface area contributed by atoms with Crippen LogP contribution >= 0.6 is 0 Å². The number of nitrogens with zero attached hydrogens (tertiary/aromatic N) is 2. The molecule has 1 aromatic rings. The number of rotatable bonds is 6. The van der Waals surface area contributed by atoms with Crippen molar-refractivity contribution >= 4 is 23.2 Å². The summed E-state index contributed by atoms with van der Waals surface area (Å²) in [6.07, 6.45) is 0.278. The number of ketones is 2. The van der Waals surface area contributed by atoms with Gasteiger partial charge < -0.3 is 26.2 Å². The zero-order chi connectivity index (χ0) is 26.7. The molecule has 11 heteroatoms. The maximum atomic E-state index is 13.8. The van der Waals surface area contributed by atoms with E-state index in [2.05, 4.69) is 0 Å². The molecule has 1 aromatic carbocycles. The average Bonchev–Trinajstić information content (AvgIpc) is 2.78. The summed E-state index contributed by atoms with van der Waals surface area (Å²) in [5.74, 6) is -6.66. The number of aliphatic hydroxyl groups is 3. The quantitative estimate of drug-likeness (QED) is 0.270. The molecule has 11 nitrogen and oxygen atoms in total. The second-order valence-electron chi connectivity index (χ2n) is 9.76. The van der Waals surface area contributed by atoms with Crippen LogP contribution in [0.5, 0.6) is 5.75 Å². The molecule has 194 valence electrons. The van der Waals surface area contributed by atoms with Gasteiger partial charge in [-0.15, -0.1) is 0 Å². The number of hydroxylamine groups is 2. The van der Waals surface area contributed by atoms with Gasteiger partial charge in [0.2, 0.25) is 5.78 Å². The van der Waals surface area contributed by atoms with Crippen molar-refractivity contribution in [3.05, 3.63) is 45.7 Å². The standard InChI is InChI=1S/C25H31N3O8/c1-5-36-28(4)10-11-6-7-15(29)17-13(11)8-12-9-14-19(27(2)3)21(31)18(24(26)34)23(33)25(14,35)22(32)16(12)20(17)30/h6-7,12,14,19,29-30,33,35H,5,8-10H2,1-4H3,(H2,26,34)/t12-,14-,19-,25-/m0/s1. The molecule has 0 aromatic heterocycles. The summed E-state index contributed by atoms with van der Waals surface area (Å²) >= 11 is 0. The average molecular weight is 502 g/mol. The normalized spacial score (nSPS) is 27.9. The number of Topliss-reactive ketones (excluding diaryl/α,β-unsaturated/α-hetero) is 2. The summed E-state index contributed by atoms with van der Waals surface area (Å²) in [6.45, 7) is 2.64. The van der Waals surface area contributed by atoms with Crippen LogP contribution in [0.4, 0.5) is 0 Å². The molecule has 3 aliphatic rings. The number of phenols is 1. The number of hydrogen-bond acceptors (Lipinski definition) is 10. The predicted octanol–water partition coefficient (Wildman–Crippen LogP) is 0.347. The molecule has 1 fully saturated rings. The molecule has 4 rings (SSSR count). The predicted molar refractivity (Wildman–Crippen MR) is 127 cm³/mol. The van der Waals surface area contributed by atoms with Crippen LogP contribution in [0.15, 0.2) is 29.0 Å². The first-order valence-corrected chi connectivity index (χ1v) is 11.7. The van der Waals surface area contributed by atoms with Gasteiger partial charge in [-0.1, -0.05) is 6.07 Å². The lowest BCUT2D eigenvalue weighted by Gasteiger charge is -2.50. The molecule has 0 spiro atoms. The monoisotopic (exact) mass is 501 g/mol. The van der Waals surface area contributed by atoms with E-state index in [1.54, 1.807) is 32.3 Å². The highest BCUT2D eigenvalue weighted by atomic mass is 16.7. The van der Waals surface area contributed by atoms with Crippen LogP contribution in [0, 0.1) is 11.8 Å². The van der Waals surface area contributed by atoms with Crippen LogP contribution in [-0.4, -0.2) is 87.3 Å². The molecule has 36 heavy (non-hydrogen) atoms. The summed E-state index contributed by atoms with van der Waals surface area (Å²) in [5.41, 5.74) is 3.12. The Morgan fingerprint density at radius 1 is 1.19 bits per heavy atom. The minimum atomic E-state index is -2.65. The lowest BCUT2D eigenvalue weighted by molar-refractivity contribution is -0.153. The summed E-state index contributed by atoms with van der Waals surface area (Å²) in [7, 11) is 4.87. The molecular formula is C25H31N3O8. The van der Waals surface area contributed by atoms with E-state index < -0.39 is 58.0 Å². The van der Waals surface area contributed by atoms with Crippen molar-refractivity contribution in [3.63, 3.8) is 0 Å². The Morgan fingerprint density at radius 2 is 1.86 bits per heavy atom. The van der Waals surface area contributed by atoms with Crippen molar-refractivity contribution in [1.82, 2.24) is 9.96 Å². The Bertz CT molecular complexity index is 1220. The van der Waals surface area contributed by atoms with E-state index >= 15 is 0 Å². The third-order valence-corrected chi connectivity index (χ3v) is 7.44. The zero-order valence-electron chi connectivity index (χ0n) is 20.6. The number of likely N-dealkylation sites (N-methyl/N-ethyl adjacent to an activating group) is 1. The van der Waals surface area contributed by atoms with E-state index in [0.29, 0.717) is 18.7 Å². The number of aromatic hydroxyl groups is 1. The molecule has 1 saturated carbocycles. The van der Waals surface area contributed by atoms with Crippen LogP contribution in [-0.2, 0) is 32.2 Å². The highest BCUT2D eigenvalue weighted by molar-refractivity contribution is 6.24. The van der Waals surface area contributed by atoms with E-state index in [9.17, 15) is 34.8 Å². The highest BCUT2D eigenvalue weighted by Crippen LogP contribution is 2.52. The van der Waals surface area contributed by atoms with E-state index in [1.807, 2.05) is 6.92 Å². The zero-order valence-corrected chi connectivity index (χ0v) is 20.6. The fourth-order valence-corrected chi connectivity index (χ4v) is 5.96. The largest absolute Gasteiger partial charge is 0.508 e. The van der Waals surface area contributed by atoms with Crippen LogP contribution in [0.1, 0.15) is 30.0 Å². The lowest BCUT2D eigenvalue weighted by atomic mass is 9.57. The highest BCUT2D eigenvalue weighted by Gasteiger charge is 2.64. The van der Waals surface area contributed by atoms with Crippen molar-refractivity contribution in [3.8, 4) is 5.75 Å². The van der Waals surface area contributed by atoms with E-state index in [4.69, 9.17) is 10.6 Å². The van der Waals surface area contributed by atoms with Crippen molar-refractivity contribution in [2.45, 2.75) is 38.0 Å². The Kier molecular flexibility index (Phi) is 6.46. The maximum absolute atomic E-state index is 13.8. The van der Waals surface area contributed by atoms with Crippen molar-refractivity contribution < 1.29 is 39.6 Å². The Hall–Kier alpha value is -3.25. The first-order chi connectivity index (χ1) is 16.9. The molecule has 0 bridgehead atoms. The van der Waals surface area contributed by atoms with Crippen LogP contribution in [0.3, 0.4) is 0 Å². The number of carbonyl (C=O) groups excluding carboxylic acids is 3. The minimum absolute atomic E-state index is 0.0438. The van der Waals surface area contributed by atoms with Gasteiger partial charge in [0, 0.05) is 25.1 Å². The second kappa shape index (κ2) is 9.00. The number of phenolic OH excluding ortho intramolecular Hbond substituents is 1. The number of hydrogen-bond donors (Lipinski definition) is 5. The number of amides is 1. The molecule has 6 N–H and O–H groups in total. The second-order valence-corrected chi connectivity index (χ2v) is 9.76. The lowest BCUT2D eigenvalue weighted by Crippen LogP contribution is -2.65. The van der Waals surface area contributed by atoms with Crippen LogP contribution in [0.2, 0.25) is 0 Å². The van der Waals surface area contributed by atoms with Crippen molar-refractivity contribution in [2.75, 3.05) is 27.7 Å². The van der Waals surface area contributed by atoms with Gasteiger partial charge in [0.1, 0.15) is 22.8 Å². The maximum Gasteiger partial charge on any atom is 0.255 e. The van der Waals surface area contributed by atoms with Crippen molar-refractivity contribution in [2.24, 2.45) is 17.6 Å². The molecule has 0 aliphatic heterocycles. The Labute approximate surface area is 208 Å². The topological polar surface area (TPSA) is 174 Å². The van der Waals surface area contributed by atoms with Gasteiger partial charge in [-0.05, 0) is 57.0 Å². The van der Waals surface area contributed by atoms with Gasteiger partial charge in [0.15, 0.2) is 11.4 Å². The van der Waals surface area contributed by atoms with Crippen LogP contribution in [0.25, 0.3) is 5.76 Å². The fraction of sp³-hybridized carbons (Fsp3) is 0.480. The number of benzene rings is 1. The number of primary amides is 1. The number of carbonyl (C=O) groups is 3. The summed E-state index contributed by atoms with van der Waals surface area (Å²) in [4.78, 5) is 45.9. The minimum Gasteiger partial charge on any atom is -0.508 e. The molecule has 1 amide bonds. The molecular weight excluding hydrogens is 470 g/mol. The number of aliphatic hydroxyl groups excluding tert-OH is 2. The van der Waals surface area contributed by atoms with E-state index in [0.717, 1.165) is 5.56 Å². The summed E-state index contributed by atoms with van der Waals surface area (Å²) in [5, 5.41) is 45.9. The van der Waals surface area contributed by atoms with Gasteiger partial charge in [-0.2, -0.15) is 5.06 Å². The van der Waals surface area contributed by atoms with Gasteiger partial charge in [-0.25, -0.2) is 0 Å². The first kappa shape index (κ1) is 25.8. The van der Waals surface area contributed by atoms with Gasteiger partial charge in [0.05, 0.1) is 18.2 Å². The van der Waals surface area contributed by atoms with Gasteiger partial charge in [-0.3, -0.25) is 24.1 Å². The first-order valence-electron chi connectivity index (χ1n) is 11.7. The summed E-state index contributed by atoms with van der Waals surface area (Å²) in [6, 6.07) is 2.00. The Balaban J connectivity index is 1.91.